The van der Waals surface area contributed by atoms with Gasteiger partial charge in [0.15, 0.2) is 16.3 Å². The molecule has 4 aromatic carbocycles. The lowest BCUT2D eigenvalue weighted by molar-refractivity contribution is -0.138. The second-order valence-electron chi connectivity index (χ2n) is 10.8. The number of thiazole rings is 1. The molecule has 0 unspecified atom stereocenters. The number of carbonyl (C=O) groups is 1. The molecule has 0 radical (unpaired) electrons. The molecular formula is C37H26BrN3O6S. The number of hydrogen-bond donors (Lipinski definition) is 0. The highest BCUT2D eigenvalue weighted by atomic mass is 79.9. The van der Waals surface area contributed by atoms with Crippen molar-refractivity contribution in [2.45, 2.75) is 19.6 Å². The van der Waals surface area contributed by atoms with Gasteiger partial charge in [-0.15, -0.1) is 0 Å². The van der Waals surface area contributed by atoms with Crippen molar-refractivity contribution in [2.75, 3.05) is 13.4 Å². The molecule has 0 saturated carbocycles. The lowest BCUT2D eigenvalue weighted by Crippen LogP contribution is -2.40. The molecule has 11 heteroatoms. The molecule has 0 aliphatic carbocycles. The summed E-state index contributed by atoms with van der Waals surface area (Å²) in [7, 11) is 0. The van der Waals surface area contributed by atoms with Gasteiger partial charge in [-0.3, -0.25) is 9.36 Å². The monoisotopic (exact) mass is 719 g/mol. The summed E-state index contributed by atoms with van der Waals surface area (Å²) >= 11 is 4.83. The minimum Gasteiger partial charge on any atom is -0.488 e. The summed E-state index contributed by atoms with van der Waals surface area (Å²) in [6, 6.07) is 28.9. The maximum Gasteiger partial charge on any atom is 0.338 e. The van der Waals surface area contributed by atoms with Crippen molar-refractivity contribution in [1.82, 2.24) is 4.57 Å². The number of aromatic nitrogens is 1. The summed E-state index contributed by atoms with van der Waals surface area (Å²) in [5.74, 6) is 1.15. The Bertz CT molecular complexity index is 2320. The zero-order valence-corrected chi connectivity index (χ0v) is 27.9. The second kappa shape index (κ2) is 13.4. The Morgan fingerprint density at radius 3 is 2.65 bits per heavy atom. The van der Waals surface area contributed by atoms with E-state index in [0.29, 0.717) is 47.9 Å². The number of carbonyl (C=O) groups excluding carboxylic acids is 1. The van der Waals surface area contributed by atoms with Gasteiger partial charge < -0.3 is 18.9 Å². The smallest absolute Gasteiger partial charge is 0.338 e. The number of esters is 1. The van der Waals surface area contributed by atoms with Crippen LogP contribution in [-0.2, 0) is 16.1 Å². The maximum atomic E-state index is 14.3. The number of fused-ring (bicyclic) bond motifs is 2. The fraction of sp³-hybridized carbons (Fsp3) is 0.135. The van der Waals surface area contributed by atoms with Crippen LogP contribution >= 0.6 is 27.3 Å². The van der Waals surface area contributed by atoms with E-state index >= 15 is 0 Å². The average molecular weight is 721 g/mol. The van der Waals surface area contributed by atoms with Crippen molar-refractivity contribution in [1.29, 1.82) is 5.26 Å². The molecule has 0 saturated heterocycles. The summed E-state index contributed by atoms with van der Waals surface area (Å²) in [6.07, 6.45) is 1.79. The number of nitrogens with zero attached hydrogens (tertiary/aromatic N) is 3. The molecule has 0 spiro atoms. The van der Waals surface area contributed by atoms with Crippen LogP contribution in [0.1, 0.15) is 40.8 Å². The highest BCUT2D eigenvalue weighted by Gasteiger charge is 2.36. The molecule has 48 heavy (non-hydrogen) atoms. The van der Waals surface area contributed by atoms with Crippen molar-refractivity contribution in [3.8, 4) is 23.3 Å². The van der Waals surface area contributed by atoms with Crippen LogP contribution in [0.25, 0.3) is 11.8 Å². The lowest BCUT2D eigenvalue weighted by Gasteiger charge is -2.26. The molecule has 9 nitrogen and oxygen atoms in total. The minimum absolute atomic E-state index is 0.0872. The van der Waals surface area contributed by atoms with Gasteiger partial charge in [0.2, 0.25) is 6.79 Å². The van der Waals surface area contributed by atoms with E-state index < -0.39 is 12.0 Å². The van der Waals surface area contributed by atoms with Crippen LogP contribution in [0.2, 0.25) is 0 Å². The molecule has 0 fully saturated rings. The molecule has 0 bridgehead atoms. The lowest BCUT2D eigenvalue weighted by atomic mass is 9.93. The zero-order chi connectivity index (χ0) is 33.2. The molecule has 2 aliphatic heterocycles. The quantitative estimate of drug-likeness (QED) is 0.184. The van der Waals surface area contributed by atoms with Gasteiger partial charge in [0.1, 0.15) is 12.4 Å². The molecule has 1 aromatic heterocycles. The van der Waals surface area contributed by atoms with Gasteiger partial charge in [-0.25, -0.2) is 9.79 Å². The van der Waals surface area contributed by atoms with E-state index in [9.17, 15) is 14.9 Å². The third-order valence-corrected chi connectivity index (χ3v) is 9.46. The average Bonchev–Trinajstić information content (AvgIpc) is 3.71. The number of hydrogen-bond acceptors (Lipinski definition) is 9. The van der Waals surface area contributed by atoms with Crippen molar-refractivity contribution in [2.24, 2.45) is 4.99 Å². The van der Waals surface area contributed by atoms with Crippen molar-refractivity contribution >= 4 is 45.0 Å². The van der Waals surface area contributed by atoms with Crippen LogP contribution in [0.3, 0.4) is 0 Å². The van der Waals surface area contributed by atoms with E-state index in [1.165, 1.54) is 11.3 Å². The first-order chi connectivity index (χ1) is 23.4. The van der Waals surface area contributed by atoms with Crippen LogP contribution in [0.5, 0.6) is 17.2 Å². The van der Waals surface area contributed by atoms with Gasteiger partial charge in [-0.1, -0.05) is 72.0 Å². The molecule has 0 N–H and O–H groups in total. The van der Waals surface area contributed by atoms with Gasteiger partial charge >= 0.3 is 5.97 Å². The number of ether oxygens (including phenoxy) is 4. The number of nitriles is 1. The van der Waals surface area contributed by atoms with Gasteiger partial charge in [0.25, 0.3) is 5.56 Å². The predicted octanol–water partition coefficient (Wildman–Crippen LogP) is 5.88. The predicted molar refractivity (Wildman–Crippen MR) is 183 cm³/mol. The van der Waals surface area contributed by atoms with Crippen LogP contribution in [-0.4, -0.2) is 23.9 Å². The number of benzene rings is 4. The summed E-state index contributed by atoms with van der Waals surface area (Å²) in [4.78, 5) is 33.3. The Kier molecular flexibility index (Phi) is 8.67. The fourth-order valence-corrected chi connectivity index (χ4v) is 7.14. The summed E-state index contributed by atoms with van der Waals surface area (Å²) in [6.45, 7) is 2.21. The molecule has 5 aromatic rings. The van der Waals surface area contributed by atoms with E-state index in [2.05, 4.69) is 22.0 Å². The Balaban J connectivity index is 1.33. The highest BCUT2D eigenvalue weighted by molar-refractivity contribution is 9.10. The van der Waals surface area contributed by atoms with E-state index in [1.54, 1.807) is 35.8 Å². The van der Waals surface area contributed by atoms with E-state index in [0.717, 1.165) is 16.7 Å². The first-order valence-electron chi connectivity index (χ1n) is 15.0. The van der Waals surface area contributed by atoms with Crippen LogP contribution in [0.15, 0.2) is 111 Å². The Hall–Kier alpha value is -5.44. The second-order valence-corrected chi connectivity index (χ2v) is 12.7. The van der Waals surface area contributed by atoms with Crippen molar-refractivity contribution < 1.29 is 23.7 Å². The Morgan fingerprint density at radius 2 is 1.85 bits per heavy atom. The summed E-state index contributed by atoms with van der Waals surface area (Å²) in [5.41, 5.74) is 3.85. The summed E-state index contributed by atoms with van der Waals surface area (Å²) < 4.78 is 25.4. The largest absolute Gasteiger partial charge is 0.488 e. The van der Waals surface area contributed by atoms with Crippen LogP contribution in [0, 0.1) is 11.3 Å². The third-order valence-electron chi connectivity index (χ3n) is 7.86. The summed E-state index contributed by atoms with van der Waals surface area (Å²) in [5, 5.41) is 9.40. The fourth-order valence-electron chi connectivity index (χ4n) is 5.63. The topological polar surface area (TPSA) is 112 Å². The SMILES string of the molecule is CCOC(=O)C1=C(c2ccccc2)N=c2s/c(=C/c3ccc(OCc4ccccc4C#N)c(Br)c3)c(=O)n2[C@@H]1c1ccc2c(c1)OCO2. The van der Waals surface area contributed by atoms with E-state index in [4.69, 9.17) is 23.9 Å². The van der Waals surface area contributed by atoms with Gasteiger partial charge in [-0.2, -0.15) is 5.26 Å². The number of halogens is 1. The standard InChI is InChI=1S/C37H26BrN3O6S/c1-2-44-36(43)32-33(23-8-4-3-5-9-23)40-37-41(34(32)24-13-15-29-30(18-24)47-21-46-29)35(42)31(48-37)17-22-12-14-28(27(38)16-22)45-20-26-11-7-6-10-25(26)19-39/h3-18,34H,2,20-21H2,1H3/b31-17+/t34-/m1/s1. The van der Waals surface area contributed by atoms with Crippen LogP contribution < -0.4 is 29.1 Å². The number of rotatable bonds is 8. The maximum absolute atomic E-state index is 14.3. The van der Waals surface area contributed by atoms with Gasteiger partial charge in [0.05, 0.1) is 44.6 Å². The normalized spacial score (nSPS) is 15.0. The molecule has 0 amide bonds. The van der Waals surface area contributed by atoms with Crippen molar-refractivity contribution in [3.63, 3.8) is 0 Å². The zero-order valence-electron chi connectivity index (χ0n) is 25.5. The van der Waals surface area contributed by atoms with Gasteiger partial charge in [-0.05, 0) is 70.4 Å². The molecular weight excluding hydrogens is 694 g/mol. The molecule has 7 rings (SSSR count). The molecule has 1 atom stereocenters. The highest BCUT2D eigenvalue weighted by Crippen LogP contribution is 2.40. The molecule has 2 aliphatic rings. The first kappa shape index (κ1) is 31.2. The Labute approximate surface area is 287 Å². The van der Waals surface area contributed by atoms with Crippen molar-refractivity contribution in [3.05, 3.63) is 149 Å². The van der Waals surface area contributed by atoms with E-state index in [1.807, 2.05) is 72.8 Å². The van der Waals surface area contributed by atoms with Gasteiger partial charge in [0, 0.05) is 11.1 Å². The third kappa shape index (κ3) is 5.92. The molecule has 3 heterocycles. The first-order valence-corrected chi connectivity index (χ1v) is 16.6. The van der Waals surface area contributed by atoms with Crippen LogP contribution in [0.4, 0.5) is 0 Å². The van der Waals surface area contributed by atoms with E-state index in [-0.39, 0.29) is 31.1 Å². The Morgan fingerprint density at radius 1 is 1.06 bits per heavy atom. The molecule has 238 valence electrons. The minimum atomic E-state index is -0.842.